The lowest BCUT2D eigenvalue weighted by Gasteiger charge is -2.25. The number of hydrogen-bond donors (Lipinski definition) is 1. The first-order valence-electron chi connectivity index (χ1n) is 28.8. The Hall–Kier alpha value is -3.53. The van der Waals surface area contributed by atoms with E-state index in [9.17, 15) is 19.5 Å². The molecule has 0 aromatic heterocycles. The van der Waals surface area contributed by atoms with Crippen LogP contribution in [0, 0.1) is 0 Å². The minimum absolute atomic E-state index is 0.181. The van der Waals surface area contributed by atoms with Crippen molar-refractivity contribution < 1.29 is 42.9 Å². The summed E-state index contributed by atoms with van der Waals surface area (Å²) in [6.45, 7) is 4.74. The quantitative estimate of drug-likeness (QED) is 0.0211. The Labute approximate surface area is 436 Å². The molecule has 0 saturated carbocycles. The summed E-state index contributed by atoms with van der Waals surface area (Å²) in [6, 6.07) is 0. The fourth-order valence-electron chi connectivity index (χ4n) is 7.72. The van der Waals surface area contributed by atoms with E-state index in [1.165, 1.54) is 116 Å². The molecule has 0 aliphatic heterocycles. The molecule has 9 nitrogen and oxygen atoms in total. The van der Waals surface area contributed by atoms with Crippen LogP contribution in [0.2, 0.25) is 0 Å². The average Bonchev–Trinajstić information content (AvgIpc) is 3.34. The van der Waals surface area contributed by atoms with Crippen molar-refractivity contribution in [3.63, 3.8) is 0 Å². The van der Waals surface area contributed by atoms with Crippen molar-refractivity contribution in [3.8, 4) is 0 Å². The van der Waals surface area contributed by atoms with Gasteiger partial charge in [0, 0.05) is 12.8 Å². The van der Waals surface area contributed by atoms with Crippen molar-refractivity contribution in [2.75, 3.05) is 47.5 Å². The van der Waals surface area contributed by atoms with Crippen LogP contribution >= 0.6 is 0 Å². The van der Waals surface area contributed by atoms with Crippen molar-refractivity contribution in [1.82, 2.24) is 0 Å². The van der Waals surface area contributed by atoms with Gasteiger partial charge in [-0.3, -0.25) is 9.59 Å². The molecule has 2 unspecified atom stereocenters. The van der Waals surface area contributed by atoms with Crippen molar-refractivity contribution >= 4 is 17.9 Å². The number of likely N-dealkylation sites (N-methyl/N-ethyl adjacent to an activating group) is 1. The molecule has 0 spiro atoms. The number of aliphatic carboxylic acids is 1. The summed E-state index contributed by atoms with van der Waals surface area (Å²) in [4.78, 5) is 37.4. The van der Waals surface area contributed by atoms with Gasteiger partial charge in [0.2, 0.25) is 0 Å². The van der Waals surface area contributed by atoms with Gasteiger partial charge in [-0.05, 0) is 89.9 Å². The number of quaternary nitrogens is 1. The third kappa shape index (κ3) is 54.1. The Morgan fingerprint density at radius 3 is 1.20 bits per heavy atom. The fourth-order valence-corrected chi connectivity index (χ4v) is 7.72. The molecule has 9 heteroatoms. The van der Waals surface area contributed by atoms with Crippen molar-refractivity contribution in [2.24, 2.45) is 0 Å². The van der Waals surface area contributed by atoms with Crippen LogP contribution in [0.15, 0.2) is 85.1 Å². The summed E-state index contributed by atoms with van der Waals surface area (Å²) in [7, 11) is 5.96. The van der Waals surface area contributed by atoms with Gasteiger partial charge in [0.05, 0.1) is 34.4 Å². The van der Waals surface area contributed by atoms with Crippen LogP contribution in [0.3, 0.4) is 0 Å². The molecule has 0 bridgehead atoms. The summed E-state index contributed by atoms with van der Waals surface area (Å²) >= 11 is 0. The summed E-state index contributed by atoms with van der Waals surface area (Å²) in [5, 5.41) is 9.70. The van der Waals surface area contributed by atoms with Gasteiger partial charge < -0.3 is 28.5 Å². The highest BCUT2D eigenvalue weighted by Crippen LogP contribution is 2.15. The average molecular weight is 996 g/mol. The van der Waals surface area contributed by atoms with Crippen LogP contribution < -0.4 is 0 Å². The standard InChI is InChI=1S/C62H107NO8/c1-6-8-10-12-14-16-18-20-22-24-26-28-30-32-34-36-38-40-42-44-46-48-50-52-59(64)69-56-58(57-70-62(61(66)67)68-55-54-63(3,4)5)71-60(65)53-51-49-47-45-43-41-39-37-35-33-31-29-27-25-23-21-19-17-15-13-11-9-7-2/h9,11,15,17-18,20-21,23-24,26-27,29,33,35,58,62H,6-8,10,12-14,16,19,22,25,28,30-32,34,36-57H2,1-5H3/p+1/b11-9-,17-15-,20-18-,23-21-,26-24-,29-27-,35-33-. The molecule has 0 aromatic rings. The number of carboxylic acid groups (broad SMARTS) is 1. The normalized spacial score (nSPS) is 13.4. The maximum atomic E-state index is 12.9. The molecule has 0 aromatic carbocycles. The van der Waals surface area contributed by atoms with Gasteiger partial charge in [-0.25, -0.2) is 4.79 Å². The molecule has 0 saturated heterocycles. The number of ether oxygens (including phenoxy) is 4. The second kappa shape index (κ2) is 52.8. The van der Waals surface area contributed by atoms with E-state index in [1.807, 2.05) is 21.1 Å². The number of unbranched alkanes of at least 4 members (excludes halogenated alkanes) is 23. The lowest BCUT2D eigenvalue weighted by Crippen LogP contribution is -2.40. The highest BCUT2D eigenvalue weighted by Gasteiger charge is 2.25. The van der Waals surface area contributed by atoms with Crippen molar-refractivity contribution in [2.45, 2.75) is 245 Å². The highest BCUT2D eigenvalue weighted by atomic mass is 16.7. The molecule has 0 radical (unpaired) electrons. The second-order valence-corrected chi connectivity index (χ2v) is 20.2. The van der Waals surface area contributed by atoms with Gasteiger partial charge in [0.15, 0.2) is 6.10 Å². The molecule has 71 heavy (non-hydrogen) atoms. The number of carbonyl (C=O) groups is 3. The summed E-state index contributed by atoms with van der Waals surface area (Å²) in [5.41, 5.74) is 0. The Kier molecular flexibility index (Phi) is 50.2. The van der Waals surface area contributed by atoms with Crippen LogP contribution in [-0.4, -0.2) is 87.4 Å². The predicted molar refractivity (Wildman–Crippen MR) is 299 cm³/mol. The van der Waals surface area contributed by atoms with Crippen LogP contribution in [0.5, 0.6) is 0 Å². The molecule has 0 aliphatic rings. The lowest BCUT2D eigenvalue weighted by molar-refractivity contribution is -0.870. The molecule has 408 valence electrons. The van der Waals surface area contributed by atoms with Gasteiger partial charge in [-0.1, -0.05) is 214 Å². The van der Waals surface area contributed by atoms with E-state index in [2.05, 4.69) is 98.9 Å². The number of nitrogens with zero attached hydrogens (tertiary/aromatic N) is 1. The fraction of sp³-hybridized carbons (Fsp3) is 0.726. The Balaban J connectivity index is 4.30. The molecule has 0 aliphatic carbocycles. The van der Waals surface area contributed by atoms with Gasteiger partial charge in [-0.2, -0.15) is 0 Å². The molecule has 0 amide bonds. The van der Waals surface area contributed by atoms with Gasteiger partial charge >= 0.3 is 17.9 Å². The smallest absolute Gasteiger partial charge is 0.361 e. The van der Waals surface area contributed by atoms with Crippen LogP contribution in [0.25, 0.3) is 0 Å². The number of carbonyl (C=O) groups excluding carboxylic acids is 2. The van der Waals surface area contributed by atoms with Crippen molar-refractivity contribution in [3.05, 3.63) is 85.1 Å². The lowest BCUT2D eigenvalue weighted by atomic mass is 10.0. The van der Waals surface area contributed by atoms with E-state index >= 15 is 0 Å². The SMILES string of the molecule is CC/C=C\C/C=C\C/C=C\C/C=C\C/C=C\CCCCCCCCCC(=O)OC(COC(=O)CCCCCCCCCCCCC/C=C\C/C=C\CCCCCCC)COC(OCC[N+](C)(C)C)C(=O)O. The van der Waals surface area contributed by atoms with Crippen molar-refractivity contribution in [1.29, 1.82) is 0 Å². The Morgan fingerprint density at radius 1 is 0.437 bits per heavy atom. The first kappa shape index (κ1) is 67.5. The summed E-state index contributed by atoms with van der Waals surface area (Å²) in [5.74, 6) is -2.03. The molecule has 1 N–H and O–H groups in total. The molecule has 0 heterocycles. The van der Waals surface area contributed by atoms with E-state index in [4.69, 9.17) is 18.9 Å². The zero-order valence-electron chi connectivity index (χ0n) is 46.4. The zero-order valence-corrected chi connectivity index (χ0v) is 46.4. The van der Waals surface area contributed by atoms with E-state index in [-0.39, 0.29) is 32.2 Å². The molecular weight excluding hydrogens is 887 g/mol. The molecule has 2 atom stereocenters. The minimum atomic E-state index is -1.52. The number of rotatable bonds is 52. The third-order valence-corrected chi connectivity index (χ3v) is 12.1. The number of allylic oxidation sites excluding steroid dienone is 14. The minimum Gasteiger partial charge on any atom is -0.477 e. The summed E-state index contributed by atoms with van der Waals surface area (Å²) < 4.78 is 22.9. The monoisotopic (exact) mass is 995 g/mol. The first-order valence-corrected chi connectivity index (χ1v) is 28.8. The largest absolute Gasteiger partial charge is 0.477 e. The van der Waals surface area contributed by atoms with Crippen LogP contribution in [0.1, 0.15) is 232 Å². The van der Waals surface area contributed by atoms with Crippen LogP contribution in [0.4, 0.5) is 0 Å². The highest BCUT2D eigenvalue weighted by molar-refractivity contribution is 5.71. The number of hydrogen-bond acceptors (Lipinski definition) is 7. The van der Waals surface area contributed by atoms with E-state index in [1.54, 1.807) is 0 Å². The Morgan fingerprint density at radius 2 is 0.803 bits per heavy atom. The predicted octanol–water partition coefficient (Wildman–Crippen LogP) is 16.8. The van der Waals surface area contributed by atoms with Gasteiger partial charge in [0.25, 0.3) is 6.29 Å². The van der Waals surface area contributed by atoms with E-state index < -0.39 is 24.3 Å². The Bertz CT molecular complexity index is 1440. The number of carboxylic acids is 1. The molecular formula is C62H108NO8+. The maximum Gasteiger partial charge on any atom is 0.361 e. The topological polar surface area (TPSA) is 108 Å². The maximum absolute atomic E-state index is 12.9. The number of esters is 2. The van der Waals surface area contributed by atoms with Crippen LogP contribution in [-0.2, 0) is 33.3 Å². The van der Waals surface area contributed by atoms with E-state index in [0.717, 1.165) is 83.5 Å². The summed E-state index contributed by atoms with van der Waals surface area (Å²) in [6.07, 6.45) is 66.5. The van der Waals surface area contributed by atoms with Gasteiger partial charge in [0.1, 0.15) is 13.2 Å². The third-order valence-electron chi connectivity index (χ3n) is 12.1. The molecule has 0 fully saturated rings. The first-order chi connectivity index (χ1) is 34.6. The van der Waals surface area contributed by atoms with E-state index in [0.29, 0.717) is 23.9 Å². The second-order valence-electron chi connectivity index (χ2n) is 20.2. The van der Waals surface area contributed by atoms with Gasteiger partial charge in [-0.15, -0.1) is 0 Å². The molecule has 0 rings (SSSR count). The zero-order chi connectivity index (χ0) is 52.0.